The van der Waals surface area contributed by atoms with Gasteiger partial charge >= 0.3 is 5.97 Å². The molecule has 1 N–H and O–H groups in total. The zero-order valence-corrected chi connectivity index (χ0v) is 17.0. The molecule has 2 aliphatic carbocycles. The highest BCUT2D eigenvalue weighted by Crippen LogP contribution is 2.58. The van der Waals surface area contributed by atoms with Gasteiger partial charge in [0.2, 0.25) is 0 Å². The van der Waals surface area contributed by atoms with Crippen LogP contribution < -0.4 is 0 Å². The summed E-state index contributed by atoms with van der Waals surface area (Å²) in [5.74, 6) is -0.964. The standard InChI is InChI=1S/C23H28O6/c1-3-27-21(26)16-4-7-18(8-5-16)22-10-11-23(28-12-13-29-23)15(2)19(22)9-6-17(14-24)20(22)25/h4-5,7-8,14-15,19,24H,3,6,9-13H2,1-2H3/t15-,19-,22-/m0/s1. The van der Waals surface area contributed by atoms with E-state index in [0.29, 0.717) is 50.2 Å². The number of carbonyl (C=O) groups excluding carboxylic acids is 2. The number of fused-ring (bicyclic) bond motifs is 1. The molecule has 6 heteroatoms. The van der Waals surface area contributed by atoms with Crippen LogP contribution in [0.2, 0.25) is 0 Å². The first-order valence-electron chi connectivity index (χ1n) is 10.4. The Balaban J connectivity index is 1.75. The van der Waals surface area contributed by atoms with Crippen molar-refractivity contribution in [3.63, 3.8) is 0 Å². The van der Waals surface area contributed by atoms with Crippen molar-refractivity contribution in [1.82, 2.24) is 0 Å². The Kier molecular flexibility index (Phi) is 5.25. The Hall–Kier alpha value is -2.18. The van der Waals surface area contributed by atoms with Gasteiger partial charge in [-0.2, -0.15) is 0 Å². The molecule has 0 unspecified atom stereocenters. The van der Waals surface area contributed by atoms with Gasteiger partial charge in [0.25, 0.3) is 0 Å². The molecule has 0 bridgehead atoms. The van der Waals surface area contributed by atoms with Crippen molar-refractivity contribution < 1.29 is 28.9 Å². The lowest BCUT2D eigenvalue weighted by Crippen LogP contribution is -2.59. The third-order valence-corrected chi connectivity index (χ3v) is 7.06. The Morgan fingerprint density at radius 1 is 1.24 bits per heavy atom. The molecule has 1 heterocycles. The first-order valence-corrected chi connectivity index (χ1v) is 10.4. The van der Waals surface area contributed by atoms with Gasteiger partial charge < -0.3 is 19.3 Å². The number of ketones is 1. The molecular weight excluding hydrogens is 372 g/mol. The van der Waals surface area contributed by atoms with Crippen molar-refractivity contribution in [2.45, 2.75) is 50.7 Å². The highest BCUT2D eigenvalue weighted by molar-refractivity contribution is 6.04. The summed E-state index contributed by atoms with van der Waals surface area (Å²) in [5, 5.41) is 9.67. The van der Waals surface area contributed by atoms with Gasteiger partial charge in [-0.15, -0.1) is 0 Å². The second-order valence-electron chi connectivity index (χ2n) is 8.20. The molecule has 1 saturated heterocycles. The van der Waals surface area contributed by atoms with E-state index in [1.165, 1.54) is 0 Å². The number of hydrogen-bond donors (Lipinski definition) is 1. The second-order valence-corrected chi connectivity index (χ2v) is 8.20. The van der Waals surface area contributed by atoms with E-state index < -0.39 is 11.2 Å². The maximum atomic E-state index is 13.6. The van der Waals surface area contributed by atoms with Crippen molar-refractivity contribution in [1.29, 1.82) is 0 Å². The van der Waals surface area contributed by atoms with E-state index in [2.05, 4.69) is 6.92 Å². The zero-order chi connectivity index (χ0) is 20.6. The Morgan fingerprint density at radius 2 is 1.93 bits per heavy atom. The Morgan fingerprint density at radius 3 is 2.55 bits per heavy atom. The molecule has 0 radical (unpaired) electrons. The van der Waals surface area contributed by atoms with E-state index in [4.69, 9.17) is 14.2 Å². The molecule has 29 heavy (non-hydrogen) atoms. The first kappa shape index (κ1) is 20.1. The van der Waals surface area contributed by atoms with Crippen LogP contribution in [-0.2, 0) is 24.4 Å². The number of hydrogen-bond acceptors (Lipinski definition) is 6. The summed E-state index contributed by atoms with van der Waals surface area (Å²) in [5.41, 5.74) is 1.05. The number of rotatable bonds is 3. The molecule has 3 atom stereocenters. The number of carbonyl (C=O) groups is 2. The fourth-order valence-electron chi connectivity index (χ4n) is 5.62. The van der Waals surface area contributed by atoms with Gasteiger partial charge in [-0.25, -0.2) is 4.79 Å². The molecule has 6 nitrogen and oxygen atoms in total. The monoisotopic (exact) mass is 400 g/mol. The average molecular weight is 400 g/mol. The van der Waals surface area contributed by atoms with Gasteiger partial charge in [0, 0.05) is 17.9 Å². The van der Waals surface area contributed by atoms with E-state index in [9.17, 15) is 14.7 Å². The molecular formula is C23H28O6. The number of aliphatic hydroxyl groups is 1. The number of allylic oxidation sites excluding steroid dienone is 1. The molecule has 3 aliphatic rings. The average Bonchev–Trinajstić information content (AvgIpc) is 3.22. The third-order valence-electron chi connectivity index (χ3n) is 7.06. The van der Waals surface area contributed by atoms with Crippen molar-refractivity contribution in [2.75, 3.05) is 19.8 Å². The van der Waals surface area contributed by atoms with Crippen LogP contribution in [0.5, 0.6) is 0 Å². The number of benzene rings is 1. The van der Waals surface area contributed by atoms with Crippen LogP contribution in [0.3, 0.4) is 0 Å². The van der Waals surface area contributed by atoms with Crippen LogP contribution in [0.25, 0.3) is 0 Å². The predicted molar refractivity (Wildman–Crippen MR) is 106 cm³/mol. The minimum Gasteiger partial charge on any atom is -0.515 e. The smallest absolute Gasteiger partial charge is 0.338 e. The molecule has 3 fully saturated rings. The van der Waals surface area contributed by atoms with Crippen LogP contribution in [0.1, 0.15) is 55.5 Å². The van der Waals surface area contributed by atoms with Gasteiger partial charge in [0.15, 0.2) is 11.6 Å². The van der Waals surface area contributed by atoms with Crippen molar-refractivity contribution >= 4 is 11.8 Å². The third kappa shape index (κ3) is 3.01. The van der Waals surface area contributed by atoms with Gasteiger partial charge in [-0.3, -0.25) is 4.79 Å². The second kappa shape index (κ2) is 7.58. The van der Waals surface area contributed by atoms with Gasteiger partial charge in [0.1, 0.15) is 0 Å². The Bertz CT molecular complexity index is 820. The van der Waals surface area contributed by atoms with Gasteiger partial charge in [0.05, 0.1) is 37.1 Å². The first-order chi connectivity index (χ1) is 14.0. The zero-order valence-electron chi connectivity index (χ0n) is 17.0. The minimum atomic E-state index is -0.750. The minimum absolute atomic E-state index is 0.0268. The number of esters is 1. The summed E-state index contributed by atoms with van der Waals surface area (Å²) in [7, 11) is 0. The number of aliphatic hydroxyl groups excluding tert-OH is 1. The highest BCUT2D eigenvalue weighted by Gasteiger charge is 2.61. The van der Waals surface area contributed by atoms with E-state index in [-0.39, 0.29) is 23.6 Å². The predicted octanol–water partition coefficient (Wildman–Crippen LogP) is 3.70. The number of Topliss-reactive ketones (excluding diaryl/α,β-unsaturated/α-hetero) is 1. The molecule has 1 aromatic rings. The van der Waals surface area contributed by atoms with Crippen molar-refractivity contribution in [3.8, 4) is 0 Å². The lowest BCUT2D eigenvalue weighted by atomic mass is 9.51. The molecule has 0 aromatic heterocycles. The molecule has 4 rings (SSSR count). The largest absolute Gasteiger partial charge is 0.515 e. The normalized spacial score (nSPS) is 32.3. The van der Waals surface area contributed by atoms with E-state index in [0.717, 1.165) is 18.2 Å². The fraction of sp³-hybridized carbons (Fsp3) is 0.565. The van der Waals surface area contributed by atoms with E-state index in [1.54, 1.807) is 19.1 Å². The van der Waals surface area contributed by atoms with E-state index >= 15 is 0 Å². The quantitative estimate of drug-likeness (QED) is 0.473. The lowest BCUT2D eigenvalue weighted by Gasteiger charge is -2.55. The maximum Gasteiger partial charge on any atom is 0.338 e. The summed E-state index contributed by atoms with van der Waals surface area (Å²) in [6.45, 7) is 5.35. The molecule has 1 aliphatic heterocycles. The molecule has 2 saturated carbocycles. The summed E-state index contributed by atoms with van der Waals surface area (Å²) in [4.78, 5) is 25.6. The van der Waals surface area contributed by atoms with Crippen LogP contribution in [0.4, 0.5) is 0 Å². The molecule has 1 spiro atoms. The summed E-state index contributed by atoms with van der Waals surface area (Å²) in [6.07, 6.45) is 3.48. The van der Waals surface area contributed by atoms with Crippen LogP contribution in [0.15, 0.2) is 36.1 Å². The van der Waals surface area contributed by atoms with Crippen LogP contribution in [0, 0.1) is 11.8 Å². The van der Waals surface area contributed by atoms with Gasteiger partial charge in [-0.1, -0.05) is 19.1 Å². The number of ether oxygens (including phenoxy) is 3. The van der Waals surface area contributed by atoms with Crippen LogP contribution in [-0.4, -0.2) is 42.5 Å². The Labute approximate surface area is 170 Å². The van der Waals surface area contributed by atoms with E-state index in [1.807, 2.05) is 12.1 Å². The maximum absolute atomic E-state index is 13.6. The van der Waals surface area contributed by atoms with Crippen LogP contribution >= 0.6 is 0 Å². The summed E-state index contributed by atoms with van der Waals surface area (Å²) in [6, 6.07) is 7.17. The summed E-state index contributed by atoms with van der Waals surface area (Å²) >= 11 is 0. The fourth-order valence-corrected chi connectivity index (χ4v) is 5.62. The van der Waals surface area contributed by atoms with Gasteiger partial charge in [-0.05, 0) is 49.8 Å². The molecule has 1 aromatic carbocycles. The van der Waals surface area contributed by atoms with Crippen molar-refractivity contribution in [2.24, 2.45) is 11.8 Å². The lowest BCUT2D eigenvalue weighted by molar-refractivity contribution is -0.234. The highest BCUT2D eigenvalue weighted by atomic mass is 16.7. The van der Waals surface area contributed by atoms with Crippen molar-refractivity contribution in [3.05, 3.63) is 47.2 Å². The topological polar surface area (TPSA) is 82.1 Å². The molecule has 156 valence electrons. The SMILES string of the molecule is CCOC(=O)c1ccc([C@@]23CCC4(OCCO4)[C@@H](C)[C@@H]2CCC(=CO)C3=O)cc1. The molecule has 0 amide bonds. The summed E-state index contributed by atoms with van der Waals surface area (Å²) < 4.78 is 17.1.